The third-order valence-electron chi connectivity index (χ3n) is 4.55. The lowest BCUT2D eigenvalue weighted by atomic mass is 10.1. The van der Waals surface area contributed by atoms with Crippen LogP contribution in [0.2, 0.25) is 0 Å². The van der Waals surface area contributed by atoms with Crippen molar-refractivity contribution in [1.29, 1.82) is 0 Å². The molecule has 0 unspecified atom stereocenters. The summed E-state index contributed by atoms with van der Waals surface area (Å²) in [4.78, 5) is 14.5. The molecule has 2 saturated heterocycles. The van der Waals surface area contributed by atoms with Crippen LogP contribution in [0.1, 0.15) is 23.2 Å². The summed E-state index contributed by atoms with van der Waals surface area (Å²) < 4.78 is 30.2. The van der Waals surface area contributed by atoms with Gasteiger partial charge >= 0.3 is 0 Å². The normalized spacial score (nSPS) is 25.3. The van der Waals surface area contributed by atoms with E-state index in [1.807, 2.05) is 4.90 Å². The van der Waals surface area contributed by atoms with Crippen LogP contribution < -0.4 is 4.74 Å². The van der Waals surface area contributed by atoms with Gasteiger partial charge in [0.15, 0.2) is 0 Å². The predicted octanol–water partition coefficient (Wildman–Crippen LogP) is 0.944. The highest BCUT2D eigenvalue weighted by atomic mass is 32.2. The molecule has 2 aliphatic rings. The van der Waals surface area contributed by atoms with E-state index >= 15 is 0 Å². The number of likely N-dealkylation sites (tertiary alicyclic amines) is 1. The summed E-state index contributed by atoms with van der Waals surface area (Å²) in [6.07, 6.45) is 2.66. The minimum Gasteiger partial charge on any atom is -0.497 e. The highest BCUT2D eigenvalue weighted by Crippen LogP contribution is 2.34. The van der Waals surface area contributed by atoms with Crippen molar-refractivity contribution in [2.24, 2.45) is 0 Å². The molecule has 0 bridgehead atoms. The molecule has 0 N–H and O–H groups in total. The highest BCUT2D eigenvalue weighted by Gasteiger charge is 2.47. The Balaban J connectivity index is 1.78. The van der Waals surface area contributed by atoms with Crippen LogP contribution in [0, 0.1) is 0 Å². The maximum Gasteiger partial charge on any atom is 0.254 e. The Morgan fingerprint density at radius 3 is 2.36 bits per heavy atom. The molecule has 0 saturated carbocycles. The van der Waals surface area contributed by atoms with Crippen molar-refractivity contribution in [2.45, 2.75) is 24.9 Å². The van der Waals surface area contributed by atoms with Crippen LogP contribution in [0.5, 0.6) is 5.75 Å². The van der Waals surface area contributed by atoms with Crippen molar-refractivity contribution < 1.29 is 17.9 Å². The first-order valence-corrected chi connectivity index (χ1v) is 9.18. The highest BCUT2D eigenvalue weighted by molar-refractivity contribution is 7.88. The Bertz CT molecular complexity index is 671. The lowest BCUT2D eigenvalue weighted by molar-refractivity contribution is 0.0735. The molecular formula is C15H20N2O4S. The van der Waals surface area contributed by atoms with Gasteiger partial charge in [-0.05, 0) is 37.1 Å². The van der Waals surface area contributed by atoms with Crippen molar-refractivity contribution >= 4 is 15.9 Å². The fourth-order valence-electron chi connectivity index (χ4n) is 3.51. The average Bonchev–Trinajstić information content (AvgIpc) is 3.07. The molecule has 0 spiro atoms. The SMILES string of the molecule is COc1ccc(C(=O)N2CC[C@@H]3[C@@H]2CCN3S(C)(=O)=O)cc1. The van der Waals surface area contributed by atoms with Gasteiger partial charge in [-0.1, -0.05) is 0 Å². The van der Waals surface area contributed by atoms with Crippen LogP contribution in [0.15, 0.2) is 24.3 Å². The molecule has 1 aromatic rings. The number of hydrogen-bond acceptors (Lipinski definition) is 4. The Kier molecular flexibility index (Phi) is 3.86. The van der Waals surface area contributed by atoms with E-state index in [-0.39, 0.29) is 18.0 Å². The van der Waals surface area contributed by atoms with Crippen LogP contribution in [0.3, 0.4) is 0 Å². The number of amides is 1. The van der Waals surface area contributed by atoms with Gasteiger partial charge in [0.25, 0.3) is 5.91 Å². The summed E-state index contributed by atoms with van der Waals surface area (Å²) in [6.45, 7) is 1.10. The third-order valence-corrected chi connectivity index (χ3v) is 5.85. The molecule has 2 atom stereocenters. The smallest absolute Gasteiger partial charge is 0.254 e. The van der Waals surface area contributed by atoms with E-state index in [0.29, 0.717) is 37.2 Å². The molecule has 0 aliphatic carbocycles. The van der Waals surface area contributed by atoms with Crippen molar-refractivity contribution in [2.75, 3.05) is 26.5 Å². The van der Waals surface area contributed by atoms with E-state index in [0.717, 1.165) is 0 Å². The third kappa shape index (κ3) is 2.59. The number of benzene rings is 1. The summed E-state index contributed by atoms with van der Waals surface area (Å²) in [5.41, 5.74) is 0.610. The molecule has 2 heterocycles. The average molecular weight is 324 g/mol. The summed E-state index contributed by atoms with van der Waals surface area (Å²) in [5.74, 6) is 0.672. The summed E-state index contributed by atoms with van der Waals surface area (Å²) >= 11 is 0. The minimum absolute atomic E-state index is 0.00988. The molecule has 7 heteroatoms. The quantitative estimate of drug-likeness (QED) is 0.830. The predicted molar refractivity (Wildman–Crippen MR) is 82.4 cm³/mol. The van der Waals surface area contributed by atoms with Crippen LogP contribution in [-0.2, 0) is 10.0 Å². The zero-order valence-electron chi connectivity index (χ0n) is 12.7. The van der Waals surface area contributed by atoms with E-state index < -0.39 is 10.0 Å². The van der Waals surface area contributed by atoms with Crippen molar-refractivity contribution in [1.82, 2.24) is 9.21 Å². The number of hydrogen-bond donors (Lipinski definition) is 0. The second-order valence-electron chi connectivity index (χ2n) is 5.81. The molecule has 0 aromatic heterocycles. The van der Waals surface area contributed by atoms with Gasteiger partial charge in [-0.2, -0.15) is 4.31 Å². The van der Waals surface area contributed by atoms with Crippen LogP contribution in [-0.4, -0.2) is 62.1 Å². The van der Waals surface area contributed by atoms with Crippen molar-refractivity contribution in [3.63, 3.8) is 0 Å². The first-order valence-electron chi connectivity index (χ1n) is 7.33. The first kappa shape index (κ1) is 15.3. The molecule has 22 heavy (non-hydrogen) atoms. The molecule has 3 rings (SSSR count). The lowest BCUT2D eigenvalue weighted by Gasteiger charge is -2.24. The molecule has 0 radical (unpaired) electrons. The largest absolute Gasteiger partial charge is 0.497 e. The fourth-order valence-corrected chi connectivity index (χ4v) is 4.68. The number of nitrogens with zero attached hydrogens (tertiary/aromatic N) is 2. The van der Waals surface area contributed by atoms with Gasteiger partial charge in [0.05, 0.1) is 13.4 Å². The number of ether oxygens (including phenoxy) is 1. The Morgan fingerprint density at radius 2 is 1.77 bits per heavy atom. The maximum atomic E-state index is 12.7. The first-order chi connectivity index (χ1) is 10.4. The van der Waals surface area contributed by atoms with Gasteiger partial charge in [0, 0.05) is 30.7 Å². The van der Waals surface area contributed by atoms with E-state index in [9.17, 15) is 13.2 Å². The van der Waals surface area contributed by atoms with E-state index in [1.165, 1.54) is 6.26 Å². The maximum absolute atomic E-state index is 12.7. The Labute approximate surface area is 130 Å². The van der Waals surface area contributed by atoms with Gasteiger partial charge in [-0.3, -0.25) is 4.79 Å². The topological polar surface area (TPSA) is 66.9 Å². The lowest BCUT2D eigenvalue weighted by Crippen LogP contribution is -2.41. The fraction of sp³-hybridized carbons (Fsp3) is 0.533. The molecule has 1 amide bonds. The van der Waals surface area contributed by atoms with Crippen LogP contribution in [0.4, 0.5) is 0 Å². The summed E-state index contributed by atoms with van der Waals surface area (Å²) in [6, 6.07) is 6.94. The minimum atomic E-state index is -3.20. The van der Waals surface area contributed by atoms with E-state index in [2.05, 4.69) is 0 Å². The zero-order valence-corrected chi connectivity index (χ0v) is 13.5. The molecule has 6 nitrogen and oxygen atoms in total. The van der Waals surface area contributed by atoms with Gasteiger partial charge in [0.2, 0.25) is 10.0 Å². The molecular weight excluding hydrogens is 304 g/mol. The van der Waals surface area contributed by atoms with Gasteiger partial charge in [-0.25, -0.2) is 8.42 Å². The van der Waals surface area contributed by atoms with Crippen molar-refractivity contribution in [3.8, 4) is 5.75 Å². The zero-order chi connectivity index (χ0) is 15.9. The van der Waals surface area contributed by atoms with Gasteiger partial charge < -0.3 is 9.64 Å². The van der Waals surface area contributed by atoms with Gasteiger partial charge in [-0.15, -0.1) is 0 Å². The number of methoxy groups -OCH3 is 1. The van der Waals surface area contributed by atoms with Crippen molar-refractivity contribution in [3.05, 3.63) is 29.8 Å². The van der Waals surface area contributed by atoms with Crippen LogP contribution in [0.25, 0.3) is 0 Å². The van der Waals surface area contributed by atoms with Gasteiger partial charge in [0.1, 0.15) is 5.75 Å². The standard InChI is InChI=1S/C15H20N2O4S/c1-21-12-5-3-11(4-6-12)15(18)16-9-7-14-13(16)8-10-17(14)22(2,19)20/h3-6,13-14H,7-10H2,1-2H3/t13-,14+/m0/s1. The molecule has 2 fully saturated rings. The monoisotopic (exact) mass is 324 g/mol. The molecule has 120 valence electrons. The second kappa shape index (κ2) is 5.55. The number of carbonyl (C=O) groups is 1. The van der Waals surface area contributed by atoms with Crippen LogP contribution >= 0.6 is 0 Å². The number of fused-ring (bicyclic) bond motifs is 1. The summed E-state index contributed by atoms with van der Waals surface area (Å²) in [5, 5.41) is 0. The Hall–Kier alpha value is -1.60. The number of rotatable bonds is 3. The van der Waals surface area contributed by atoms with E-state index in [1.54, 1.807) is 35.7 Å². The second-order valence-corrected chi connectivity index (χ2v) is 7.75. The molecule has 1 aromatic carbocycles. The number of carbonyl (C=O) groups excluding carboxylic acids is 1. The number of sulfonamides is 1. The molecule has 2 aliphatic heterocycles. The Morgan fingerprint density at radius 1 is 1.14 bits per heavy atom. The summed E-state index contributed by atoms with van der Waals surface area (Å²) in [7, 11) is -1.62. The van der Waals surface area contributed by atoms with E-state index in [4.69, 9.17) is 4.74 Å².